The average Bonchev–Trinajstić information content (AvgIpc) is 1.89. The molecule has 0 amide bonds. The summed E-state index contributed by atoms with van der Waals surface area (Å²) in [7, 11) is 2.32. The predicted molar refractivity (Wildman–Crippen MR) is 44.6 cm³/mol. The molecular formula is C9H18N+. The van der Waals surface area contributed by atoms with E-state index < -0.39 is 0 Å². The molecule has 1 fully saturated rings. The number of allylic oxidation sites excluding steroid dienone is 1. The summed E-state index contributed by atoms with van der Waals surface area (Å²) in [5, 5.41) is 0. The first-order chi connectivity index (χ1) is 4.77. The number of likely N-dealkylation sites (tertiary alicyclic amines) is 1. The molecule has 0 bridgehead atoms. The van der Waals surface area contributed by atoms with Crippen molar-refractivity contribution in [3.63, 3.8) is 0 Å². The van der Waals surface area contributed by atoms with Gasteiger partial charge in [-0.1, -0.05) is 0 Å². The molecule has 0 unspecified atom stereocenters. The molecule has 1 heterocycles. The zero-order valence-electron chi connectivity index (χ0n) is 7.14. The fourth-order valence-corrected chi connectivity index (χ4v) is 1.74. The van der Waals surface area contributed by atoms with Gasteiger partial charge in [0, 0.05) is 0 Å². The van der Waals surface area contributed by atoms with Gasteiger partial charge in [0.2, 0.25) is 0 Å². The molecule has 0 aromatic carbocycles. The van der Waals surface area contributed by atoms with Gasteiger partial charge in [-0.25, -0.2) is 0 Å². The van der Waals surface area contributed by atoms with E-state index in [1.165, 1.54) is 32.4 Å². The SMILES string of the molecule is C/C=C/[N+]1(C)CCCCC1. The highest BCUT2D eigenvalue weighted by Crippen LogP contribution is 2.16. The predicted octanol–water partition coefficient (Wildman–Crippen LogP) is 2.15. The Labute approximate surface area is 63.9 Å². The smallest absolute Gasteiger partial charge is 0.0913 e. The summed E-state index contributed by atoms with van der Waals surface area (Å²) in [5.74, 6) is 0. The van der Waals surface area contributed by atoms with Gasteiger partial charge in [-0.3, -0.25) is 4.48 Å². The Morgan fingerprint density at radius 2 is 1.70 bits per heavy atom. The molecule has 0 aliphatic carbocycles. The lowest BCUT2D eigenvalue weighted by molar-refractivity contribution is -0.864. The first kappa shape index (κ1) is 7.80. The Morgan fingerprint density at radius 3 is 2.20 bits per heavy atom. The van der Waals surface area contributed by atoms with Crippen LogP contribution in [0, 0.1) is 0 Å². The van der Waals surface area contributed by atoms with Crippen molar-refractivity contribution in [3.05, 3.63) is 12.3 Å². The van der Waals surface area contributed by atoms with Crippen LogP contribution in [-0.2, 0) is 0 Å². The van der Waals surface area contributed by atoms with E-state index in [4.69, 9.17) is 0 Å². The third-order valence-electron chi connectivity index (χ3n) is 2.35. The lowest BCUT2D eigenvalue weighted by atomic mass is 10.1. The number of quaternary nitrogens is 1. The highest BCUT2D eigenvalue weighted by atomic mass is 15.3. The zero-order chi connectivity index (χ0) is 7.45. The molecule has 1 aliphatic rings. The largest absolute Gasteiger partial charge is 0.300 e. The molecule has 1 saturated heterocycles. The Hall–Kier alpha value is -0.300. The summed E-state index contributed by atoms with van der Waals surface area (Å²) in [6, 6.07) is 0. The number of piperidine rings is 1. The van der Waals surface area contributed by atoms with Crippen LogP contribution < -0.4 is 0 Å². The second kappa shape index (κ2) is 3.20. The summed E-state index contributed by atoms with van der Waals surface area (Å²) in [4.78, 5) is 0. The highest BCUT2D eigenvalue weighted by molar-refractivity contribution is 4.69. The van der Waals surface area contributed by atoms with Gasteiger partial charge in [-0.2, -0.15) is 0 Å². The summed E-state index contributed by atoms with van der Waals surface area (Å²) in [6.07, 6.45) is 8.73. The van der Waals surface area contributed by atoms with Crippen molar-refractivity contribution in [2.75, 3.05) is 20.1 Å². The van der Waals surface area contributed by atoms with E-state index in [-0.39, 0.29) is 0 Å². The minimum absolute atomic E-state index is 1.16. The van der Waals surface area contributed by atoms with Crippen molar-refractivity contribution in [2.45, 2.75) is 26.2 Å². The van der Waals surface area contributed by atoms with Gasteiger partial charge in [0.15, 0.2) is 0 Å². The third-order valence-corrected chi connectivity index (χ3v) is 2.35. The fourth-order valence-electron chi connectivity index (χ4n) is 1.74. The molecule has 58 valence electrons. The molecule has 0 N–H and O–H groups in total. The van der Waals surface area contributed by atoms with Crippen molar-refractivity contribution in [2.24, 2.45) is 0 Å². The van der Waals surface area contributed by atoms with Crippen molar-refractivity contribution >= 4 is 0 Å². The van der Waals surface area contributed by atoms with Crippen LogP contribution in [0.25, 0.3) is 0 Å². The number of hydrogen-bond donors (Lipinski definition) is 0. The molecular weight excluding hydrogens is 122 g/mol. The van der Waals surface area contributed by atoms with Crippen molar-refractivity contribution < 1.29 is 4.48 Å². The maximum atomic E-state index is 2.32. The maximum Gasteiger partial charge on any atom is 0.0913 e. The van der Waals surface area contributed by atoms with Crippen molar-refractivity contribution in [1.29, 1.82) is 0 Å². The zero-order valence-corrected chi connectivity index (χ0v) is 7.14. The van der Waals surface area contributed by atoms with Crippen molar-refractivity contribution in [3.8, 4) is 0 Å². The topological polar surface area (TPSA) is 0 Å². The van der Waals surface area contributed by atoms with E-state index >= 15 is 0 Å². The summed E-state index contributed by atoms with van der Waals surface area (Å²) in [5.41, 5.74) is 0. The molecule has 0 radical (unpaired) electrons. The first-order valence-electron chi connectivity index (χ1n) is 4.25. The minimum atomic E-state index is 1.16. The Morgan fingerprint density at radius 1 is 1.10 bits per heavy atom. The Balaban J connectivity index is 2.48. The summed E-state index contributed by atoms with van der Waals surface area (Å²) < 4.78 is 1.16. The normalized spacial score (nSPS) is 25.4. The van der Waals surface area contributed by atoms with Crippen LogP contribution in [0.2, 0.25) is 0 Å². The quantitative estimate of drug-likeness (QED) is 0.490. The van der Waals surface area contributed by atoms with Crippen molar-refractivity contribution in [1.82, 2.24) is 0 Å². The molecule has 10 heavy (non-hydrogen) atoms. The van der Waals surface area contributed by atoms with Crippen LogP contribution in [0.5, 0.6) is 0 Å². The monoisotopic (exact) mass is 140 g/mol. The molecule has 0 saturated carbocycles. The maximum absolute atomic E-state index is 2.32. The van der Waals surface area contributed by atoms with E-state index in [0.29, 0.717) is 0 Å². The molecule has 1 rings (SSSR count). The molecule has 0 aromatic heterocycles. The summed E-state index contributed by atoms with van der Waals surface area (Å²) in [6.45, 7) is 4.78. The van der Waals surface area contributed by atoms with Crippen LogP contribution in [0.15, 0.2) is 12.3 Å². The van der Waals surface area contributed by atoms with E-state index in [0.717, 1.165) is 4.48 Å². The van der Waals surface area contributed by atoms with Gasteiger partial charge in [0.25, 0.3) is 0 Å². The average molecular weight is 140 g/mol. The molecule has 1 aliphatic heterocycles. The van der Waals surface area contributed by atoms with Crippen LogP contribution in [0.4, 0.5) is 0 Å². The molecule has 1 heteroatoms. The van der Waals surface area contributed by atoms with Gasteiger partial charge < -0.3 is 0 Å². The van der Waals surface area contributed by atoms with Gasteiger partial charge in [0.1, 0.15) is 0 Å². The van der Waals surface area contributed by atoms with E-state index in [1.54, 1.807) is 0 Å². The Kier molecular flexibility index (Phi) is 2.50. The fraction of sp³-hybridized carbons (Fsp3) is 0.778. The van der Waals surface area contributed by atoms with E-state index in [1.807, 2.05) is 0 Å². The number of rotatable bonds is 1. The molecule has 0 spiro atoms. The second-order valence-electron chi connectivity index (χ2n) is 3.47. The Bertz CT molecular complexity index is 121. The van der Waals surface area contributed by atoms with E-state index in [2.05, 4.69) is 26.2 Å². The standard InChI is InChI=1S/C9H18N/c1-3-7-10(2)8-5-4-6-9-10/h3,7H,4-6,8-9H2,1-2H3/q+1/b7-3+. The van der Waals surface area contributed by atoms with Gasteiger partial charge in [-0.15, -0.1) is 0 Å². The molecule has 0 atom stereocenters. The van der Waals surface area contributed by atoms with Crippen LogP contribution in [0.3, 0.4) is 0 Å². The van der Waals surface area contributed by atoms with Crippen LogP contribution in [0.1, 0.15) is 26.2 Å². The van der Waals surface area contributed by atoms with Gasteiger partial charge in [-0.05, 0) is 32.3 Å². The molecule has 1 nitrogen and oxygen atoms in total. The van der Waals surface area contributed by atoms with Gasteiger partial charge in [0.05, 0.1) is 26.3 Å². The molecule has 0 aromatic rings. The van der Waals surface area contributed by atoms with E-state index in [9.17, 15) is 0 Å². The van der Waals surface area contributed by atoms with Crippen LogP contribution in [-0.4, -0.2) is 24.6 Å². The van der Waals surface area contributed by atoms with Crippen LogP contribution >= 0.6 is 0 Å². The summed E-state index contributed by atoms with van der Waals surface area (Å²) >= 11 is 0. The van der Waals surface area contributed by atoms with Gasteiger partial charge >= 0.3 is 0 Å². The third kappa shape index (κ3) is 1.84. The number of nitrogens with zero attached hydrogens (tertiary/aromatic N) is 1. The number of hydrogen-bond acceptors (Lipinski definition) is 0. The lowest BCUT2D eigenvalue weighted by Gasteiger charge is -2.33. The minimum Gasteiger partial charge on any atom is -0.300 e. The lowest BCUT2D eigenvalue weighted by Crippen LogP contribution is -2.42. The second-order valence-corrected chi connectivity index (χ2v) is 3.47. The highest BCUT2D eigenvalue weighted by Gasteiger charge is 2.20. The first-order valence-corrected chi connectivity index (χ1v) is 4.25.